The number of fused-ring (bicyclic) bond motifs is 1. The molecule has 2 heterocycles. The third kappa shape index (κ3) is 9.96. The molecule has 2 fully saturated rings. The Morgan fingerprint density at radius 3 is 2.43 bits per heavy atom. The highest BCUT2D eigenvalue weighted by Crippen LogP contribution is 2.33. The summed E-state index contributed by atoms with van der Waals surface area (Å²) in [6.07, 6.45) is 3.31. The molecule has 0 aromatic heterocycles. The average molecular weight is 448 g/mol. The molecule has 4 N–H and O–H groups in total. The Kier molecular flexibility index (Phi) is 11.9. The van der Waals surface area contributed by atoms with Gasteiger partial charge in [-0.05, 0) is 12.8 Å². The molecule has 0 aliphatic carbocycles. The Morgan fingerprint density at radius 1 is 1.00 bits per heavy atom. The van der Waals surface area contributed by atoms with Gasteiger partial charge >= 0.3 is 12.0 Å². The maximum absolute atomic E-state index is 11.9. The van der Waals surface area contributed by atoms with Crippen molar-refractivity contribution in [3.63, 3.8) is 0 Å². The van der Waals surface area contributed by atoms with Crippen molar-refractivity contribution in [3.05, 3.63) is 0 Å². The second-order valence-electron chi connectivity index (χ2n) is 7.20. The van der Waals surface area contributed by atoms with Crippen LogP contribution in [0.4, 0.5) is 4.79 Å². The molecule has 0 unspecified atom stereocenters. The van der Waals surface area contributed by atoms with Crippen molar-refractivity contribution in [2.24, 2.45) is 0 Å². The van der Waals surface area contributed by atoms with Gasteiger partial charge in [-0.15, -0.1) is 0 Å². The number of carboxylic acids is 1. The Morgan fingerprint density at radius 2 is 1.70 bits per heavy atom. The molecule has 30 heavy (non-hydrogen) atoms. The molecule has 0 bridgehead atoms. The summed E-state index contributed by atoms with van der Waals surface area (Å²) < 4.78 is 15.8. The second-order valence-corrected chi connectivity index (χ2v) is 8.47. The molecular formula is C19H33N3O7S. The molecule has 2 aliphatic heterocycles. The quantitative estimate of drug-likeness (QED) is 0.185. The van der Waals surface area contributed by atoms with Crippen LogP contribution in [-0.4, -0.2) is 92.3 Å². The standard InChI is InChI=1S/C19H33N3O7S/c23-16(4-2-1-3-15-18-14(13-30-15)21-19(26)22-18)20-6-8-28-10-12-29-11-9-27-7-5-17(24)25/h14-15,18H,1-13H2,(H,20,23)(H,24,25)(H2,21,22,26)/t14-,15-,18-/m0/s1. The highest BCUT2D eigenvalue weighted by atomic mass is 32.2. The highest BCUT2D eigenvalue weighted by Gasteiger charge is 2.42. The fraction of sp³-hybridized carbons (Fsp3) is 0.842. The van der Waals surface area contributed by atoms with Gasteiger partial charge in [0, 0.05) is 24.0 Å². The van der Waals surface area contributed by atoms with Crippen molar-refractivity contribution in [1.29, 1.82) is 0 Å². The van der Waals surface area contributed by atoms with Gasteiger partial charge in [0.15, 0.2) is 0 Å². The maximum Gasteiger partial charge on any atom is 0.315 e. The molecule has 2 rings (SSSR count). The first kappa shape index (κ1) is 24.7. The summed E-state index contributed by atoms with van der Waals surface area (Å²) in [5.41, 5.74) is 0. The predicted molar refractivity (Wildman–Crippen MR) is 112 cm³/mol. The normalized spacial score (nSPS) is 22.4. The largest absolute Gasteiger partial charge is 0.481 e. The van der Waals surface area contributed by atoms with Crippen LogP contribution in [0.1, 0.15) is 32.1 Å². The van der Waals surface area contributed by atoms with Crippen molar-refractivity contribution >= 4 is 29.7 Å². The summed E-state index contributed by atoms with van der Waals surface area (Å²) in [5, 5.41) is 17.6. The maximum atomic E-state index is 11.9. The number of nitrogens with one attached hydrogen (secondary N) is 3. The van der Waals surface area contributed by atoms with E-state index in [9.17, 15) is 14.4 Å². The van der Waals surface area contributed by atoms with Crippen molar-refractivity contribution in [3.8, 4) is 0 Å². The molecule has 3 atom stereocenters. The lowest BCUT2D eigenvalue weighted by Gasteiger charge is -2.16. The highest BCUT2D eigenvalue weighted by molar-refractivity contribution is 8.00. The third-order valence-corrected chi connectivity index (χ3v) is 6.36. The molecule has 2 saturated heterocycles. The molecular weight excluding hydrogens is 414 g/mol. The molecule has 11 heteroatoms. The van der Waals surface area contributed by atoms with E-state index in [1.165, 1.54) is 0 Å². The zero-order valence-corrected chi connectivity index (χ0v) is 18.0. The predicted octanol–water partition coefficient (Wildman–Crippen LogP) is 0.353. The smallest absolute Gasteiger partial charge is 0.315 e. The lowest BCUT2D eigenvalue weighted by atomic mass is 10.0. The van der Waals surface area contributed by atoms with E-state index in [0.29, 0.717) is 51.2 Å². The topological polar surface area (TPSA) is 135 Å². The SMILES string of the molecule is O=C(O)CCOCCOCCOCCNC(=O)CCCC[C@@H]1SC[C@@H]2NC(=O)N[C@@H]21. The molecule has 2 aliphatic rings. The zero-order chi connectivity index (χ0) is 21.6. The average Bonchev–Trinajstić information content (AvgIpc) is 3.25. The number of hydrogen-bond acceptors (Lipinski definition) is 7. The fourth-order valence-electron chi connectivity index (χ4n) is 3.33. The van der Waals surface area contributed by atoms with E-state index in [1.807, 2.05) is 11.8 Å². The summed E-state index contributed by atoms with van der Waals surface area (Å²) in [6, 6.07) is 0.408. The zero-order valence-electron chi connectivity index (χ0n) is 17.2. The van der Waals surface area contributed by atoms with Gasteiger partial charge in [0.2, 0.25) is 5.91 Å². The van der Waals surface area contributed by atoms with E-state index in [1.54, 1.807) is 0 Å². The van der Waals surface area contributed by atoms with E-state index in [0.717, 1.165) is 25.0 Å². The lowest BCUT2D eigenvalue weighted by molar-refractivity contribution is -0.138. The summed E-state index contributed by atoms with van der Waals surface area (Å²) in [7, 11) is 0. The van der Waals surface area contributed by atoms with Gasteiger partial charge in [-0.25, -0.2) is 4.79 Å². The van der Waals surface area contributed by atoms with E-state index in [-0.39, 0.29) is 37.0 Å². The first-order valence-corrected chi connectivity index (χ1v) is 11.5. The number of hydrogen-bond donors (Lipinski definition) is 4. The molecule has 0 aromatic carbocycles. The third-order valence-electron chi connectivity index (χ3n) is 4.85. The number of unbranched alkanes of at least 4 members (excludes halogenated alkanes) is 1. The molecule has 0 spiro atoms. The number of urea groups is 1. The number of carbonyl (C=O) groups is 3. The Balaban J connectivity index is 1.32. The van der Waals surface area contributed by atoms with Gasteiger partial charge in [-0.3, -0.25) is 9.59 Å². The van der Waals surface area contributed by atoms with Gasteiger partial charge < -0.3 is 35.3 Å². The summed E-state index contributed by atoms with van der Waals surface area (Å²) >= 11 is 1.89. The number of carbonyl (C=O) groups excluding carboxylic acids is 2. The van der Waals surface area contributed by atoms with Crippen molar-refractivity contribution in [1.82, 2.24) is 16.0 Å². The van der Waals surface area contributed by atoms with E-state index in [4.69, 9.17) is 19.3 Å². The van der Waals surface area contributed by atoms with Crippen LogP contribution in [0.15, 0.2) is 0 Å². The number of carboxylic acid groups (broad SMARTS) is 1. The summed E-state index contributed by atoms with van der Waals surface area (Å²) in [4.78, 5) is 33.5. The van der Waals surface area contributed by atoms with Crippen LogP contribution in [-0.2, 0) is 23.8 Å². The van der Waals surface area contributed by atoms with Crippen molar-refractivity contribution in [2.75, 3.05) is 51.9 Å². The molecule has 3 amide bonds. The van der Waals surface area contributed by atoms with Gasteiger partial charge in [0.25, 0.3) is 0 Å². The number of amides is 3. The first-order chi connectivity index (χ1) is 14.6. The molecule has 0 saturated carbocycles. The van der Waals surface area contributed by atoms with Crippen LogP contribution in [0, 0.1) is 0 Å². The Labute approximate surface area is 181 Å². The minimum Gasteiger partial charge on any atom is -0.481 e. The van der Waals surface area contributed by atoms with E-state index in [2.05, 4.69) is 16.0 Å². The number of thioether (sulfide) groups is 1. The van der Waals surface area contributed by atoms with Crippen molar-refractivity contribution < 1.29 is 33.7 Å². The molecule has 10 nitrogen and oxygen atoms in total. The minimum atomic E-state index is -0.879. The summed E-state index contributed by atoms with van der Waals surface area (Å²) in [5.74, 6) is 0.108. The van der Waals surface area contributed by atoms with Crippen molar-refractivity contribution in [2.45, 2.75) is 49.4 Å². The van der Waals surface area contributed by atoms with Crippen LogP contribution in [0.25, 0.3) is 0 Å². The summed E-state index contributed by atoms with van der Waals surface area (Å²) in [6.45, 7) is 2.69. The van der Waals surface area contributed by atoms with Gasteiger partial charge in [-0.1, -0.05) is 6.42 Å². The monoisotopic (exact) mass is 447 g/mol. The molecule has 0 aromatic rings. The fourth-order valence-corrected chi connectivity index (χ4v) is 4.87. The molecule has 172 valence electrons. The van der Waals surface area contributed by atoms with Gasteiger partial charge in [0.05, 0.1) is 58.1 Å². The van der Waals surface area contributed by atoms with Gasteiger partial charge in [-0.2, -0.15) is 11.8 Å². The lowest BCUT2D eigenvalue weighted by Crippen LogP contribution is -2.36. The van der Waals surface area contributed by atoms with Crippen LogP contribution in [0.5, 0.6) is 0 Å². The van der Waals surface area contributed by atoms with Crippen LogP contribution in [0.2, 0.25) is 0 Å². The van der Waals surface area contributed by atoms with Crippen LogP contribution < -0.4 is 16.0 Å². The minimum absolute atomic E-state index is 0.00728. The number of ether oxygens (including phenoxy) is 3. The van der Waals surface area contributed by atoms with E-state index >= 15 is 0 Å². The van der Waals surface area contributed by atoms with E-state index < -0.39 is 5.97 Å². The van der Waals surface area contributed by atoms with Crippen LogP contribution in [0.3, 0.4) is 0 Å². The Bertz CT molecular complexity index is 552. The first-order valence-electron chi connectivity index (χ1n) is 10.5. The number of rotatable bonds is 17. The van der Waals surface area contributed by atoms with Crippen LogP contribution >= 0.6 is 11.8 Å². The molecule has 0 radical (unpaired) electrons. The Hall–Kier alpha value is -1.56. The van der Waals surface area contributed by atoms with Gasteiger partial charge in [0.1, 0.15) is 0 Å². The second kappa shape index (κ2) is 14.4. The number of aliphatic carboxylic acids is 1.